The van der Waals surface area contributed by atoms with Crippen molar-refractivity contribution in [3.63, 3.8) is 0 Å². The lowest BCUT2D eigenvalue weighted by Gasteiger charge is -2.18. The Labute approximate surface area is 146 Å². The van der Waals surface area contributed by atoms with Crippen LogP contribution in [-0.2, 0) is 40.5 Å². The van der Waals surface area contributed by atoms with Gasteiger partial charge in [-0.15, -0.1) is 0 Å². The number of anilines is 1. The van der Waals surface area contributed by atoms with E-state index in [4.69, 9.17) is 0 Å². The maximum Gasteiger partial charge on any atom is 0.332 e. The third-order valence-electron chi connectivity index (χ3n) is 5.28. The summed E-state index contributed by atoms with van der Waals surface area (Å²) < 4.78 is 26.6. The van der Waals surface area contributed by atoms with Gasteiger partial charge >= 0.3 is 6.03 Å². The van der Waals surface area contributed by atoms with Crippen molar-refractivity contribution in [1.82, 2.24) is 10.0 Å². The number of aryl methyl sites for hydroxylation is 2. The molecule has 1 atom stereocenters. The van der Waals surface area contributed by atoms with Crippen molar-refractivity contribution in [3.05, 3.63) is 28.3 Å². The van der Waals surface area contributed by atoms with Crippen molar-refractivity contribution in [2.75, 3.05) is 5.32 Å². The van der Waals surface area contributed by atoms with Gasteiger partial charge in [0.1, 0.15) is 0 Å². The molecule has 0 radical (unpaired) electrons. The smallest absolute Gasteiger partial charge is 0.332 e. The largest absolute Gasteiger partial charge is 0.338 e. The van der Waals surface area contributed by atoms with E-state index >= 15 is 0 Å². The van der Waals surface area contributed by atoms with E-state index in [-0.39, 0.29) is 18.7 Å². The SMILES string of the molecule is O=C1CCC(S(=O)(=O)NC(=O)Nc2c3c(cc4c2CCC4)CCC3)N1. The molecule has 25 heavy (non-hydrogen) atoms. The quantitative estimate of drug-likeness (QED) is 0.754. The van der Waals surface area contributed by atoms with E-state index in [0.717, 1.165) is 55.3 Å². The molecule has 1 aromatic carbocycles. The number of amides is 3. The highest BCUT2D eigenvalue weighted by molar-refractivity contribution is 7.90. The zero-order valence-corrected chi connectivity index (χ0v) is 14.7. The molecule has 1 aliphatic heterocycles. The van der Waals surface area contributed by atoms with Crippen molar-refractivity contribution in [3.8, 4) is 0 Å². The van der Waals surface area contributed by atoms with Crippen LogP contribution in [0.1, 0.15) is 47.9 Å². The Morgan fingerprint density at radius 1 is 1.04 bits per heavy atom. The molecule has 1 saturated heterocycles. The van der Waals surface area contributed by atoms with Crippen LogP contribution in [0.3, 0.4) is 0 Å². The van der Waals surface area contributed by atoms with Crippen LogP contribution >= 0.6 is 0 Å². The zero-order chi connectivity index (χ0) is 17.6. The molecule has 0 aromatic heterocycles. The topological polar surface area (TPSA) is 104 Å². The van der Waals surface area contributed by atoms with Crippen LogP contribution in [-0.4, -0.2) is 25.7 Å². The number of hydrogen-bond donors (Lipinski definition) is 3. The van der Waals surface area contributed by atoms with Crippen molar-refractivity contribution in [2.45, 2.75) is 56.7 Å². The van der Waals surface area contributed by atoms with Crippen LogP contribution in [0.5, 0.6) is 0 Å². The molecule has 1 unspecified atom stereocenters. The van der Waals surface area contributed by atoms with Gasteiger partial charge in [-0.05, 0) is 67.2 Å². The van der Waals surface area contributed by atoms with Gasteiger partial charge in [-0.1, -0.05) is 6.07 Å². The van der Waals surface area contributed by atoms with Gasteiger partial charge in [-0.25, -0.2) is 17.9 Å². The Morgan fingerprint density at radius 3 is 2.24 bits per heavy atom. The van der Waals surface area contributed by atoms with Gasteiger partial charge < -0.3 is 10.6 Å². The molecule has 8 heteroatoms. The number of carbonyl (C=O) groups is 2. The normalized spacial score (nSPS) is 21.6. The fourth-order valence-electron chi connectivity index (χ4n) is 4.13. The van der Waals surface area contributed by atoms with Crippen molar-refractivity contribution in [1.29, 1.82) is 0 Å². The first-order chi connectivity index (χ1) is 11.9. The molecule has 0 saturated carbocycles. The summed E-state index contributed by atoms with van der Waals surface area (Å²) in [5, 5.41) is 4.13. The van der Waals surface area contributed by atoms with Crippen LogP contribution in [0.15, 0.2) is 6.07 Å². The monoisotopic (exact) mass is 363 g/mol. The summed E-state index contributed by atoms with van der Waals surface area (Å²) in [5.41, 5.74) is 5.61. The number of fused-ring (bicyclic) bond motifs is 2. The summed E-state index contributed by atoms with van der Waals surface area (Å²) in [6.45, 7) is 0. The van der Waals surface area contributed by atoms with E-state index in [1.165, 1.54) is 11.1 Å². The highest BCUT2D eigenvalue weighted by Gasteiger charge is 2.34. The van der Waals surface area contributed by atoms with E-state index in [9.17, 15) is 18.0 Å². The van der Waals surface area contributed by atoms with Gasteiger partial charge in [0.2, 0.25) is 5.91 Å². The maximum absolute atomic E-state index is 12.4. The van der Waals surface area contributed by atoms with Crippen LogP contribution in [0, 0.1) is 0 Å². The minimum atomic E-state index is -3.93. The number of rotatable bonds is 3. The number of sulfonamides is 1. The molecule has 2 aliphatic carbocycles. The number of carbonyl (C=O) groups excluding carboxylic acids is 2. The molecule has 3 N–H and O–H groups in total. The first-order valence-electron chi connectivity index (χ1n) is 8.72. The van der Waals surface area contributed by atoms with Gasteiger partial charge in [0.05, 0.1) is 0 Å². The Morgan fingerprint density at radius 2 is 1.68 bits per heavy atom. The van der Waals surface area contributed by atoms with E-state index in [2.05, 4.69) is 21.4 Å². The molecule has 3 amide bonds. The summed E-state index contributed by atoms with van der Waals surface area (Å²) in [4.78, 5) is 23.6. The third kappa shape index (κ3) is 2.99. The second-order valence-electron chi connectivity index (χ2n) is 6.93. The summed E-state index contributed by atoms with van der Waals surface area (Å²) >= 11 is 0. The summed E-state index contributed by atoms with van der Waals surface area (Å²) in [6, 6.07) is 1.49. The lowest BCUT2D eigenvalue weighted by atomic mass is 9.99. The van der Waals surface area contributed by atoms with E-state index in [1.807, 2.05) is 0 Å². The lowest BCUT2D eigenvalue weighted by molar-refractivity contribution is -0.119. The minimum Gasteiger partial charge on any atom is -0.338 e. The summed E-state index contributed by atoms with van der Waals surface area (Å²) in [6.07, 6.45) is 6.27. The fourth-order valence-corrected chi connectivity index (χ4v) is 5.29. The molecular weight excluding hydrogens is 342 g/mol. The average Bonchev–Trinajstić information content (AvgIpc) is 3.25. The molecule has 1 heterocycles. The first kappa shape index (κ1) is 16.4. The predicted molar refractivity (Wildman–Crippen MR) is 92.7 cm³/mol. The molecule has 134 valence electrons. The summed E-state index contributed by atoms with van der Waals surface area (Å²) in [7, 11) is -3.93. The lowest BCUT2D eigenvalue weighted by Crippen LogP contribution is -2.45. The Bertz CT molecular complexity index is 831. The maximum atomic E-state index is 12.4. The van der Waals surface area contributed by atoms with E-state index in [1.54, 1.807) is 0 Å². The van der Waals surface area contributed by atoms with Crippen LogP contribution in [0.4, 0.5) is 10.5 Å². The van der Waals surface area contributed by atoms with E-state index < -0.39 is 21.4 Å². The van der Waals surface area contributed by atoms with E-state index in [0.29, 0.717) is 0 Å². The third-order valence-corrected chi connectivity index (χ3v) is 6.85. The van der Waals surface area contributed by atoms with Gasteiger partial charge in [-0.2, -0.15) is 0 Å². The van der Waals surface area contributed by atoms with Crippen LogP contribution < -0.4 is 15.4 Å². The van der Waals surface area contributed by atoms with Gasteiger partial charge in [0.25, 0.3) is 10.0 Å². The number of nitrogens with one attached hydrogen (secondary N) is 3. The molecule has 7 nitrogen and oxygen atoms in total. The molecule has 1 aromatic rings. The minimum absolute atomic E-state index is 0.160. The second-order valence-corrected chi connectivity index (χ2v) is 8.79. The Hall–Kier alpha value is -2.09. The molecule has 0 bridgehead atoms. The van der Waals surface area contributed by atoms with Gasteiger partial charge in [-0.3, -0.25) is 4.79 Å². The second kappa shape index (κ2) is 6.01. The average molecular weight is 363 g/mol. The van der Waals surface area contributed by atoms with Gasteiger partial charge in [0.15, 0.2) is 5.37 Å². The van der Waals surface area contributed by atoms with Crippen molar-refractivity contribution < 1.29 is 18.0 Å². The Balaban J connectivity index is 1.55. The van der Waals surface area contributed by atoms with Crippen molar-refractivity contribution in [2.24, 2.45) is 0 Å². The molecule has 4 rings (SSSR count). The number of urea groups is 1. The van der Waals surface area contributed by atoms with Crippen LogP contribution in [0.25, 0.3) is 0 Å². The zero-order valence-electron chi connectivity index (χ0n) is 13.9. The standard InChI is InChI=1S/C17H21N3O4S/c21-14-7-8-15(18-14)25(23,24)20-17(22)19-16-12-5-1-3-10(12)9-11-4-2-6-13(11)16/h9,15H,1-8H2,(H,18,21)(H2,19,20,22). The fraction of sp³-hybridized carbons (Fsp3) is 0.529. The highest BCUT2D eigenvalue weighted by atomic mass is 32.2. The van der Waals surface area contributed by atoms with Crippen molar-refractivity contribution >= 4 is 27.6 Å². The number of benzene rings is 1. The predicted octanol–water partition coefficient (Wildman–Crippen LogP) is 1.35. The highest BCUT2D eigenvalue weighted by Crippen LogP contribution is 2.38. The summed E-state index contributed by atoms with van der Waals surface area (Å²) in [5.74, 6) is -0.311. The molecule has 3 aliphatic rings. The molecule has 0 spiro atoms. The van der Waals surface area contributed by atoms with Gasteiger partial charge in [0, 0.05) is 12.1 Å². The van der Waals surface area contributed by atoms with Crippen LogP contribution in [0.2, 0.25) is 0 Å². The number of hydrogen-bond acceptors (Lipinski definition) is 4. The molecular formula is C17H21N3O4S. The Kier molecular flexibility index (Phi) is 3.94. The molecule has 1 fully saturated rings. The first-order valence-corrected chi connectivity index (χ1v) is 10.3.